The highest BCUT2D eigenvalue weighted by molar-refractivity contribution is 6.30. The molecule has 106 valence electrons. The molecule has 0 atom stereocenters. The van der Waals surface area contributed by atoms with Crippen molar-refractivity contribution in [2.24, 2.45) is 7.05 Å². The average Bonchev–Trinajstić information content (AvgIpc) is 2.75. The van der Waals surface area contributed by atoms with Crippen LogP contribution in [0.1, 0.15) is 5.56 Å². The lowest BCUT2D eigenvalue weighted by Crippen LogP contribution is -1.98. The predicted octanol–water partition coefficient (Wildman–Crippen LogP) is 3.69. The number of hydrogen-bond acceptors (Lipinski definition) is 3. The van der Waals surface area contributed by atoms with Gasteiger partial charge in [-0.15, -0.1) is 0 Å². The number of pyridine rings is 1. The summed E-state index contributed by atoms with van der Waals surface area (Å²) in [5.41, 5.74) is 11.0. The summed E-state index contributed by atoms with van der Waals surface area (Å²) in [7, 11) is 1.84. The van der Waals surface area contributed by atoms with Crippen molar-refractivity contribution in [2.75, 3.05) is 5.73 Å². The first-order chi connectivity index (χ1) is 10.1. The Hall–Kier alpha value is -2.33. The Morgan fingerprint density at radius 1 is 1.24 bits per heavy atom. The second kappa shape index (κ2) is 5.22. The molecule has 0 fully saturated rings. The van der Waals surface area contributed by atoms with Gasteiger partial charge in [-0.2, -0.15) is 5.10 Å². The molecule has 0 aliphatic rings. The van der Waals surface area contributed by atoms with Gasteiger partial charge in [0, 0.05) is 35.6 Å². The number of halogens is 1. The molecule has 3 aromatic rings. The van der Waals surface area contributed by atoms with Crippen molar-refractivity contribution in [3.63, 3.8) is 0 Å². The molecule has 4 nitrogen and oxygen atoms in total. The number of nitrogens with two attached hydrogens (primary N) is 1. The Morgan fingerprint density at radius 2 is 2.05 bits per heavy atom. The van der Waals surface area contributed by atoms with Gasteiger partial charge in [-0.3, -0.25) is 9.67 Å². The number of anilines is 1. The van der Waals surface area contributed by atoms with Crippen LogP contribution < -0.4 is 5.73 Å². The third-order valence-electron chi connectivity index (χ3n) is 3.49. The topological polar surface area (TPSA) is 56.7 Å². The minimum atomic E-state index is 0.618. The molecule has 3 rings (SSSR count). The lowest BCUT2D eigenvalue weighted by Gasteiger charge is -2.07. The number of rotatable bonds is 2. The van der Waals surface area contributed by atoms with Crippen LogP contribution in [0.5, 0.6) is 0 Å². The van der Waals surface area contributed by atoms with Gasteiger partial charge in [0.15, 0.2) is 0 Å². The Bertz CT molecular complexity index is 794. The van der Waals surface area contributed by atoms with E-state index in [0.29, 0.717) is 10.8 Å². The zero-order chi connectivity index (χ0) is 15.0. The minimum Gasteiger partial charge on any atom is -0.383 e. The van der Waals surface area contributed by atoms with Crippen LogP contribution in [-0.4, -0.2) is 14.8 Å². The van der Waals surface area contributed by atoms with Gasteiger partial charge in [0.05, 0.1) is 5.56 Å². The van der Waals surface area contributed by atoms with Crippen molar-refractivity contribution >= 4 is 17.4 Å². The summed E-state index contributed by atoms with van der Waals surface area (Å²) in [5, 5.41) is 5.28. The zero-order valence-corrected chi connectivity index (χ0v) is 12.6. The van der Waals surface area contributed by atoms with E-state index in [1.807, 2.05) is 44.3 Å². The molecular weight excluding hydrogens is 284 g/mol. The fourth-order valence-corrected chi connectivity index (χ4v) is 2.64. The highest BCUT2D eigenvalue weighted by Crippen LogP contribution is 2.37. The van der Waals surface area contributed by atoms with Crippen LogP contribution in [0.3, 0.4) is 0 Å². The predicted molar refractivity (Wildman–Crippen MR) is 86.0 cm³/mol. The lowest BCUT2D eigenvalue weighted by molar-refractivity contribution is 0.782. The largest absolute Gasteiger partial charge is 0.383 e. The number of nitrogen functional groups attached to an aromatic ring is 1. The Morgan fingerprint density at radius 3 is 2.71 bits per heavy atom. The summed E-state index contributed by atoms with van der Waals surface area (Å²) in [6.45, 7) is 2.01. The highest BCUT2D eigenvalue weighted by atomic mass is 35.5. The van der Waals surface area contributed by atoms with Crippen molar-refractivity contribution in [1.29, 1.82) is 0 Å². The van der Waals surface area contributed by atoms with Gasteiger partial charge in [-0.05, 0) is 30.7 Å². The van der Waals surface area contributed by atoms with Gasteiger partial charge in [0.25, 0.3) is 0 Å². The molecule has 0 spiro atoms. The number of aromatic nitrogens is 3. The molecule has 0 radical (unpaired) electrons. The Kier molecular flexibility index (Phi) is 3.39. The number of hydrogen-bond donors (Lipinski definition) is 1. The summed E-state index contributed by atoms with van der Waals surface area (Å²) < 4.78 is 1.69. The highest BCUT2D eigenvalue weighted by Gasteiger charge is 2.18. The van der Waals surface area contributed by atoms with Crippen LogP contribution in [0.2, 0.25) is 5.02 Å². The molecule has 2 heterocycles. The average molecular weight is 299 g/mol. The van der Waals surface area contributed by atoms with Crippen LogP contribution >= 0.6 is 11.6 Å². The molecule has 0 saturated carbocycles. The van der Waals surface area contributed by atoms with Crippen molar-refractivity contribution in [2.45, 2.75) is 6.92 Å². The van der Waals surface area contributed by atoms with E-state index in [1.165, 1.54) is 0 Å². The molecule has 0 bridgehead atoms. The second-order valence-electron chi connectivity index (χ2n) is 4.93. The molecule has 2 aromatic heterocycles. The number of aryl methyl sites for hydroxylation is 2. The molecular formula is C16H15ClN4. The molecule has 0 saturated heterocycles. The fourth-order valence-electron chi connectivity index (χ4n) is 2.41. The van der Waals surface area contributed by atoms with Crippen molar-refractivity contribution < 1.29 is 0 Å². The van der Waals surface area contributed by atoms with Gasteiger partial charge in [-0.25, -0.2) is 0 Å². The van der Waals surface area contributed by atoms with Gasteiger partial charge >= 0.3 is 0 Å². The summed E-state index contributed by atoms with van der Waals surface area (Å²) in [6.07, 6.45) is 3.53. The zero-order valence-electron chi connectivity index (χ0n) is 11.8. The monoisotopic (exact) mass is 298 g/mol. The maximum atomic E-state index is 6.20. The molecule has 0 amide bonds. The van der Waals surface area contributed by atoms with E-state index < -0.39 is 0 Å². The number of benzene rings is 1. The van der Waals surface area contributed by atoms with Gasteiger partial charge in [-0.1, -0.05) is 23.7 Å². The van der Waals surface area contributed by atoms with Crippen LogP contribution in [-0.2, 0) is 7.05 Å². The summed E-state index contributed by atoms with van der Waals surface area (Å²) in [5.74, 6) is 0.618. The molecule has 2 N–H and O–H groups in total. The summed E-state index contributed by atoms with van der Waals surface area (Å²) >= 11 is 6.04. The molecule has 0 aliphatic heterocycles. The van der Waals surface area contributed by atoms with E-state index in [2.05, 4.69) is 10.1 Å². The van der Waals surface area contributed by atoms with E-state index in [4.69, 9.17) is 17.3 Å². The quantitative estimate of drug-likeness (QED) is 0.785. The third kappa shape index (κ3) is 2.38. The van der Waals surface area contributed by atoms with E-state index in [1.54, 1.807) is 17.1 Å². The smallest absolute Gasteiger partial charge is 0.129 e. The summed E-state index contributed by atoms with van der Waals surface area (Å²) in [6, 6.07) is 9.63. The van der Waals surface area contributed by atoms with Crippen molar-refractivity contribution in [3.05, 3.63) is 53.3 Å². The third-order valence-corrected chi connectivity index (χ3v) is 3.72. The SMILES string of the molecule is Cc1cc(Cl)ccc1-c1nn(C)c(N)c1-c1cccnc1. The second-order valence-corrected chi connectivity index (χ2v) is 5.37. The first kappa shape index (κ1) is 13.6. The maximum absolute atomic E-state index is 6.20. The van der Waals surface area contributed by atoms with Gasteiger partial charge < -0.3 is 5.73 Å². The van der Waals surface area contributed by atoms with Crippen LogP contribution in [0, 0.1) is 6.92 Å². The van der Waals surface area contributed by atoms with E-state index >= 15 is 0 Å². The molecule has 5 heteroatoms. The Labute approximate surface area is 128 Å². The van der Waals surface area contributed by atoms with E-state index in [0.717, 1.165) is 27.9 Å². The van der Waals surface area contributed by atoms with Crippen LogP contribution in [0.4, 0.5) is 5.82 Å². The van der Waals surface area contributed by atoms with E-state index in [9.17, 15) is 0 Å². The molecule has 0 unspecified atom stereocenters. The lowest BCUT2D eigenvalue weighted by atomic mass is 9.99. The first-order valence-electron chi connectivity index (χ1n) is 6.57. The summed E-state index contributed by atoms with van der Waals surface area (Å²) in [4.78, 5) is 4.17. The van der Waals surface area contributed by atoms with Crippen molar-refractivity contribution in [1.82, 2.24) is 14.8 Å². The Balaban J connectivity index is 2.27. The molecule has 0 aliphatic carbocycles. The van der Waals surface area contributed by atoms with Crippen LogP contribution in [0.15, 0.2) is 42.7 Å². The standard InChI is InChI=1S/C16H15ClN4/c1-10-8-12(17)5-6-13(10)15-14(16(18)21(2)20-15)11-4-3-7-19-9-11/h3-9H,18H2,1-2H3. The van der Waals surface area contributed by atoms with Crippen molar-refractivity contribution in [3.8, 4) is 22.4 Å². The van der Waals surface area contributed by atoms with Gasteiger partial charge in [0.2, 0.25) is 0 Å². The van der Waals surface area contributed by atoms with Gasteiger partial charge in [0.1, 0.15) is 11.5 Å². The minimum absolute atomic E-state index is 0.618. The first-order valence-corrected chi connectivity index (χ1v) is 6.95. The fraction of sp³-hybridized carbons (Fsp3) is 0.125. The maximum Gasteiger partial charge on any atom is 0.129 e. The molecule has 21 heavy (non-hydrogen) atoms. The molecule has 1 aromatic carbocycles. The normalized spacial score (nSPS) is 10.8. The van der Waals surface area contributed by atoms with E-state index in [-0.39, 0.29) is 0 Å². The van der Waals surface area contributed by atoms with Crippen LogP contribution in [0.25, 0.3) is 22.4 Å². The number of nitrogens with zero attached hydrogens (tertiary/aromatic N) is 3.